The largest absolute Gasteiger partial charge is 0.478 e. The lowest BCUT2D eigenvalue weighted by atomic mass is 10.0. The van der Waals surface area contributed by atoms with Gasteiger partial charge in [-0.3, -0.25) is 4.98 Å². The van der Waals surface area contributed by atoms with Crippen molar-refractivity contribution >= 4 is 5.97 Å². The van der Waals surface area contributed by atoms with Gasteiger partial charge in [0.05, 0.1) is 5.56 Å². The van der Waals surface area contributed by atoms with Crippen LogP contribution >= 0.6 is 0 Å². The lowest BCUT2D eigenvalue weighted by Gasteiger charge is -2.04. The Morgan fingerprint density at radius 2 is 2.05 bits per heavy atom. The van der Waals surface area contributed by atoms with Gasteiger partial charge in [-0.2, -0.15) is 0 Å². The van der Waals surface area contributed by atoms with Crippen LogP contribution in [0.1, 0.15) is 34.1 Å². The molecule has 0 atom stereocenters. The number of hydrogen-bond acceptors (Lipinski definition) is 2. The number of aromatic nitrogens is 1. The summed E-state index contributed by atoms with van der Waals surface area (Å²) >= 11 is 0. The highest BCUT2D eigenvalue weighted by atomic mass is 19.1. The molecule has 0 radical (unpaired) electrons. The van der Waals surface area contributed by atoms with Crippen LogP contribution in [0.5, 0.6) is 0 Å². The van der Waals surface area contributed by atoms with E-state index in [0.717, 1.165) is 23.7 Å². The Balaban J connectivity index is 2.24. The van der Waals surface area contributed by atoms with Gasteiger partial charge >= 0.3 is 5.97 Å². The van der Waals surface area contributed by atoms with Gasteiger partial charge in [0.15, 0.2) is 0 Å². The fourth-order valence-corrected chi connectivity index (χ4v) is 1.85. The average Bonchev–Trinajstić information content (AvgIpc) is 2.39. The molecule has 0 spiro atoms. The number of pyridine rings is 1. The van der Waals surface area contributed by atoms with E-state index < -0.39 is 11.8 Å². The third kappa shape index (κ3) is 3.37. The first-order valence-corrected chi connectivity index (χ1v) is 6.05. The molecule has 98 valence electrons. The number of hydrogen-bond donors (Lipinski definition) is 1. The summed E-state index contributed by atoms with van der Waals surface area (Å²) < 4.78 is 13.3. The number of aryl methyl sites for hydroxylation is 1. The fraction of sp³-hybridized carbons (Fsp3) is 0.200. The summed E-state index contributed by atoms with van der Waals surface area (Å²) in [5.41, 5.74) is 2.49. The smallest absolute Gasteiger partial charge is 0.335 e. The van der Waals surface area contributed by atoms with Crippen LogP contribution in [0, 0.1) is 5.82 Å². The summed E-state index contributed by atoms with van der Waals surface area (Å²) in [6.45, 7) is 2.04. The van der Waals surface area contributed by atoms with E-state index in [1.807, 2.05) is 19.1 Å². The molecule has 0 bridgehead atoms. The summed E-state index contributed by atoms with van der Waals surface area (Å²) in [6.07, 6.45) is 3.12. The monoisotopic (exact) mass is 259 g/mol. The summed E-state index contributed by atoms with van der Waals surface area (Å²) in [5, 5.41) is 8.89. The number of carboxylic acids is 1. The highest BCUT2D eigenvalue weighted by Gasteiger charge is 2.08. The molecule has 0 saturated carbocycles. The number of aromatic carboxylic acids is 1. The van der Waals surface area contributed by atoms with Crippen LogP contribution in [0.4, 0.5) is 4.39 Å². The third-order valence-corrected chi connectivity index (χ3v) is 2.88. The molecule has 0 aliphatic carbocycles. The lowest BCUT2D eigenvalue weighted by Crippen LogP contribution is -2.00. The predicted molar refractivity (Wildman–Crippen MR) is 69.8 cm³/mol. The van der Waals surface area contributed by atoms with Crippen molar-refractivity contribution in [3.63, 3.8) is 0 Å². The normalized spacial score (nSPS) is 10.4. The third-order valence-electron chi connectivity index (χ3n) is 2.88. The van der Waals surface area contributed by atoms with Crippen LogP contribution in [-0.4, -0.2) is 16.1 Å². The predicted octanol–water partition coefficient (Wildman–Crippen LogP) is 3.07. The molecule has 1 aromatic heterocycles. The standard InChI is InChI=1S/C15H14FNO2/c1-2-10-3-4-14(17-9-10)7-11-5-12(15(18)19)8-13(16)6-11/h3-6,8-9H,2,7H2,1H3,(H,18,19). The van der Waals surface area contributed by atoms with Crippen molar-refractivity contribution in [1.82, 2.24) is 4.98 Å². The van der Waals surface area contributed by atoms with Gasteiger partial charge in [-0.05, 0) is 41.8 Å². The summed E-state index contributed by atoms with van der Waals surface area (Å²) in [6, 6.07) is 7.67. The molecule has 0 amide bonds. The maximum Gasteiger partial charge on any atom is 0.335 e. The number of halogens is 1. The molecule has 2 aromatic rings. The van der Waals surface area contributed by atoms with Crippen molar-refractivity contribution in [3.8, 4) is 0 Å². The van der Waals surface area contributed by atoms with E-state index in [4.69, 9.17) is 5.11 Å². The zero-order valence-corrected chi connectivity index (χ0v) is 10.6. The van der Waals surface area contributed by atoms with Crippen molar-refractivity contribution in [2.45, 2.75) is 19.8 Å². The minimum absolute atomic E-state index is 0.0415. The summed E-state index contributed by atoms with van der Waals surface area (Å²) in [5.74, 6) is -1.67. The number of rotatable bonds is 4. The maximum absolute atomic E-state index is 13.3. The first kappa shape index (κ1) is 13.2. The molecular formula is C15H14FNO2. The van der Waals surface area contributed by atoms with Gasteiger partial charge < -0.3 is 5.11 Å². The van der Waals surface area contributed by atoms with E-state index in [1.165, 1.54) is 12.1 Å². The van der Waals surface area contributed by atoms with Crippen molar-refractivity contribution in [2.24, 2.45) is 0 Å². The molecule has 3 nitrogen and oxygen atoms in total. The number of nitrogens with zero attached hydrogens (tertiary/aromatic N) is 1. The Hall–Kier alpha value is -2.23. The Bertz CT molecular complexity index is 594. The highest BCUT2D eigenvalue weighted by molar-refractivity contribution is 5.87. The molecule has 0 aliphatic heterocycles. The summed E-state index contributed by atoms with van der Waals surface area (Å²) in [4.78, 5) is 15.1. The van der Waals surface area contributed by atoms with Gasteiger partial charge in [0.2, 0.25) is 0 Å². The minimum Gasteiger partial charge on any atom is -0.478 e. The van der Waals surface area contributed by atoms with Crippen molar-refractivity contribution in [1.29, 1.82) is 0 Å². The highest BCUT2D eigenvalue weighted by Crippen LogP contribution is 2.13. The molecule has 0 saturated heterocycles. The molecule has 0 fully saturated rings. The van der Waals surface area contributed by atoms with Gasteiger partial charge in [-0.15, -0.1) is 0 Å². The van der Waals surface area contributed by atoms with Crippen LogP contribution in [0.2, 0.25) is 0 Å². The second-order valence-corrected chi connectivity index (χ2v) is 4.34. The van der Waals surface area contributed by atoms with Crippen molar-refractivity contribution < 1.29 is 14.3 Å². The van der Waals surface area contributed by atoms with Gasteiger partial charge in [0.25, 0.3) is 0 Å². The van der Waals surface area contributed by atoms with Crippen LogP contribution in [0.25, 0.3) is 0 Å². The van der Waals surface area contributed by atoms with E-state index in [1.54, 1.807) is 6.20 Å². The molecule has 4 heteroatoms. The van der Waals surface area contributed by atoms with E-state index in [2.05, 4.69) is 4.98 Å². The summed E-state index contributed by atoms with van der Waals surface area (Å²) in [7, 11) is 0. The lowest BCUT2D eigenvalue weighted by molar-refractivity contribution is 0.0696. The maximum atomic E-state index is 13.3. The van der Waals surface area contributed by atoms with Crippen LogP contribution in [0.3, 0.4) is 0 Å². The van der Waals surface area contributed by atoms with Crippen LogP contribution in [0.15, 0.2) is 36.5 Å². The number of carbonyl (C=O) groups is 1. The van der Waals surface area contributed by atoms with Gasteiger partial charge in [-0.25, -0.2) is 9.18 Å². The topological polar surface area (TPSA) is 50.2 Å². The molecule has 0 unspecified atom stereocenters. The first-order valence-electron chi connectivity index (χ1n) is 6.05. The van der Waals surface area contributed by atoms with Crippen molar-refractivity contribution in [3.05, 3.63) is 64.7 Å². The van der Waals surface area contributed by atoms with E-state index in [-0.39, 0.29) is 5.56 Å². The minimum atomic E-state index is -1.13. The molecular weight excluding hydrogens is 245 g/mol. The van der Waals surface area contributed by atoms with Gasteiger partial charge in [0, 0.05) is 18.3 Å². The zero-order chi connectivity index (χ0) is 13.8. The number of carboxylic acid groups (broad SMARTS) is 1. The second-order valence-electron chi connectivity index (χ2n) is 4.34. The zero-order valence-electron chi connectivity index (χ0n) is 10.6. The van der Waals surface area contributed by atoms with E-state index in [9.17, 15) is 9.18 Å². The van der Waals surface area contributed by atoms with E-state index in [0.29, 0.717) is 12.0 Å². The second kappa shape index (κ2) is 5.61. The number of benzene rings is 1. The Morgan fingerprint density at radius 3 is 2.63 bits per heavy atom. The molecule has 2 rings (SSSR count). The van der Waals surface area contributed by atoms with Crippen LogP contribution < -0.4 is 0 Å². The average molecular weight is 259 g/mol. The first-order chi connectivity index (χ1) is 9.08. The SMILES string of the molecule is CCc1ccc(Cc2cc(F)cc(C(=O)O)c2)nc1. The molecule has 1 heterocycles. The fourth-order valence-electron chi connectivity index (χ4n) is 1.85. The molecule has 0 aliphatic rings. The van der Waals surface area contributed by atoms with Crippen molar-refractivity contribution in [2.75, 3.05) is 0 Å². The quantitative estimate of drug-likeness (QED) is 0.918. The Kier molecular flexibility index (Phi) is 3.90. The molecule has 1 N–H and O–H groups in total. The Morgan fingerprint density at radius 1 is 1.26 bits per heavy atom. The van der Waals surface area contributed by atoms with Gasteiger partial charge in [0.1, 0.15) is 5.82 Å². The Labute approximate surface area is 110 Å². The van der Waals surface area contributed by atoms with E-state index >= 15 is 0 Å². The molecule has 1 aromatic carbocycles. The molecule has 19 heavy (non-hydrogen) atoms. The van der Waals surface area contributed by atoms with Crippen LogP contribution in [-0.2, 0) is 12.8 Å². The van der Waals surface area contributed by atoms with Gasteiger partial charge in [-0.1, -0.05) is 13.0 Å².